The van der Waals surface area contributed by atoms with E-state index in [-0.39, 0.29) is 5.82 Å². The Hall–Kier alpha value is -1.89. The van der Waals surface area contributed by atoms with Crippen molar-refractivity contribution in [3.8, 4) is 28.6 Å². The number of nitrogens with two attached hydrogens (primary N) is 1. The number of ether oxygens (including phenoxy) is 3. The smallest absolute Gasteiger partial charge is 0.176 e. The molecular formula is C12H13BrN2O4. The normalized spacial score (nSPS) is 10.3. The monoisotopic (exact) mass is 328 g/mol. The summed E-state index contributed by atoms with van der Waals surface area (Å²) in [5.74, 6) is 2.29. The summed E-state index contributed by atoms with van der Waals surface area (Å²) in [6, 6.07) is 3.34. The van der Waals surface area contributed by atoms with Crippen molar-refractivity contribution in [2.45, 2.75) is 0 Å². The van der Waals surface area contributed by atoms with Crippen LogP contribution in [0.3, 0.4) is 0 Å². The van der Waals surface area contributed by atoms with Crippen molar-refractivity contribution < 1.29 is 18.7 Å². The van der Waals surface area contributed by atoms with Crippen molar-refractivity contribution in [1.82, 2.24) is 5.16 Å². The van der Waals surface area contributed by atoms with Gasteiger partial charge in [0.25, 0.3) is 0 Å². The lowest BCUT2D eigenvalue weighted by atomic mass is 10.1. The molecule has 0 fully saturated rings. The van der Waals surface area contributed by atoms with Gasteiger partial charge in [0.15, 0.2) is 23.1 Å². The lowest BCUT2D eigenvalue weighted by molar-refractivity contribution is 0.346. The summed E-state index contributed by atoms with van der Waals surface area (Å²) in [4.78, 5) is 0. The molecule has 0 bridgehead atoms. The molecule has 0 amide bonds. The number of rotatable bonds is 4. The van der Waals surface area contributed by atoms with Gasteiger partial charge in [-0.25, -0.2) is 0 Å². The van der Waals surface area contributed by atoms with Crippen LogP contribution in [-0.2, 0) is 0 Å². The van der Waals surface area contributed by atoms with Crippen molar-refractivity contribution >= 4 is 21.7 Å². The second kappa shape index (κ2) is 5.40. The quantitative estimate of drug-likeness (QED) is 0.929. The third-order valence-electron chi connectivity index (χ3n) is 2.56. The molecule has 0 saturated carbocycles. The summed E-state index contributed by atoms with van der Waals surface area (Å²) < 4.78 is 21.9. The fourth-order valence-electron chi connectivity index (χ4n) is 1.78. The van der Waals surface area contributed by atoms with Crippen LogP contribution in [0, 0.1) is 0 Å². The number of hydrogen-bond acceptors (Lipinski definition) is 6. The maximum absolute atomic E-state index is 5.58. The average molecular weight is 329 g/mol. The van der Waals surface area contributed by atoms with Crippen LogP contribution in [0.15, 0.2) is 21.1 Å². The van der Waals surface area contributed by atoms with Crippen molar-refractivity contribution in [3.05, 3.63) is 16.6 Å². The summed E-state index contributed by atoms with van der Waals surface area (Å²) in [5, 5.41) is 3.66. The van der Waals surface area contributed by atoms with Gasteiger partial charge in [-0.2, -0.15) is 0 Å². The summed E-state index contributed by atoms with van der Waals surface area (Å²) in [6.07, 6.45) is 0. The number of nitrogen functional groups attached to an aromatic ring is 1. The molecule has 19 heavy (non-hydrogen) atoms. The van der Waals surface area contributed by atoms with Crippen LogP contribution < -0.4 is 19.9 Å². The second-order valence-corrected chi connectivity index (χ2v) is 4.47. The van der Waals surface area contributed by atoms with Gasteiger partial charge in [0, 0.05) is 12.1 Å². The molecule has 1 aromatic carbocycles. The van der Waals surface area contributed by atoms with E-state index >= 15 is 0 Å². The van der Waals surface area contributed by atoms with Gasteiger partial charge in [-0.1, -0.05) is 5.16 Å². The van der Waals surface area contributed by atoms with Crippen molar-refractivity contribution in [2.75, 3.05) is 27.1 Å². The van der Waals surface area contributed by atoms with Crippen molar-refractivity contribution in [1.29, 1.82) is 0 Å². The molecule has 1 aromatic heterocycles. The highest BCUT2D eigenvalue weighted by molar-refractivity contribution is 9.10. The Labute approximate surface area is 118 Å². The molecule has 0 spiro atoms. The van der Waals surface area contributed by atoms with Gasteiger partial charge in [-0.3, -0.25) is 0 Å². The van der Waals surface area contributed by atoms with Crippen LogP contribution in [0.25, 0.3) is 11.3 Å². The first-order valence-corrected chi connectivity index (χ1v) is 6.12. The molecule has 0 aliphatic heterocycles. The highest BCUT2D eigenvalue weighted by atomic mass is 79.9. The number of nitrogens with zero attached hydrogens (tertiary/aromatic N) is 1. The zero-order chi connectivity index (χ0) is 14.0. The number of aromatic nitrogens is 1. The predicted molar refractivity (Wildman–Crippen MR) is 73.7 cm³/mol. The highest BCUT2D eigenvalue weighted by Crippen LogP contribution is 2.48. The maximum atomic E-state index is 5.58. The van der Waals surface area contributed by atoms with E-state index in [9.17, 15) is 0 Å². The van der Waals surface area contributed by atoms with Gasteiger partial charge >= 0.3 is 0 Å². The Morgan fingerprint density at radius 1 is 1.11 bits per heavy atom. The van der Waals surface area contributed by atoms with E-state index in [0.29, 0.717) is 33.0 Å². The third-order valence-corrected chi connectivity index (χ3v) is 3.14. The molecule has 0 radical (unpaired) electrons. The minimum atomic E-state index is 0.276. The van der Waals surface area contributed by atoms with Crippen molar-refractivity contribution in [3.63, 3.8) is 0 Å². The SMILES string of the molecule is COc1cc(Br)c(OC)c(-c2cc(N)no2)c1OC. The third kappa shape index (κ3) is 2.33. The summed E-state index contributed by atoms with van der Waals surface area (Å²) in [6.45, 7) is 0. The van der Waals surface area contributed by atoms with E-state index in [2.05, 4.69) is 21.1 Å². The van der Waals surface area contributed by atoms with E-state index in [1.54, 1.807) is 26.4 Å². The number of anilines is 1. The lowest BCUT2D eigenvalue weighted by Gasteiger charge is -2.15. The lowest BCUT2D eigenvalue weighted by Crippen LogP contribution is -1.97. The van der Waals surface area contributed by atoms with E-state index in [1.807, 2.05) is 0 Å². The summed E-state index contributed by atoms with van der Waals surface area (Å²) in [7, 11) is 4.64. The Bertz CT molecular complexity index is 598. The standard InChI is InChI=1S/C12H13BrN2O4/c1-16-8-4-6(13)11(17-2)10(12(8)18-3)7-5-9(14)15-19-7/h4-5H,1-3H3,(H2,14,15). The van der Waals surface area contributed by atoms with Gasteiger partial charge in [0.2, 0.25) is 0 Å². The summed E-state index contributed by atoms with van der Waals surface area (Å²) in [5.41, 5.74) is 6.16. The Balaban J connectivity index is 2.77. The van der Waals surface area contributed by atoms with E-state index in [4.69, 9.17) is 24.5 Å². The number of methoxy groups -OCH3 is 3. The highest BCUT2D eigenvalue weighted by Gasteiger charge is 2.24. The van der Waals surface area contributed by atoms with Crippen LogP contribution in [0.4, 0.5) is 5.82 Å². The maximum Gasteiger partial charge on any atom is 0.176 e. The number of hydrogen-bond donors (Lipinski definition) is 1. The summed E-state index contributed by atoms with van der Waals surface area (Å²) >= 11 is 3.41. The first kappa shape index (κ1) is 13.5. The molecule has 0 aliphatic carbocycles. The molecule has 0 aliphatic rings. The van der Waals surface area contributed by atoms with Gasteiger partial charge in [-0.15, -0.1) is 0 Å². The van der Waals surface area contributed by atoms with Crippen LogP contribution in [-0.4, -0.2) is 26.5 Å². The Kier molecular flexibility index (Phi) is 3.84. The van der Waals surface area contributed by atoms with E-state index in [1.165, 1.54) is 7.11 Å². The first-order valence-electron chi connectivity index (χ1n) is 5.33. The average Bonchev–Trinajstić information content (AvgIpc) is 2.83. The molecule has 2 rings (SSSR count). The minimum absolute atomic E-state index is 0.276. The molecular weight excluding hydrogens is 316 g/mol. The van der Waals surface area contributed by atoms with Gasteiger partial charge < -0.3 is 24.5 Å². The van der Waals surface area contributed by atoms with Gasteiger partial charge in [0.05, 0.1) is 25.8 Å². The van der Waals surface area contributed by atoms with Crippen LogP contribution in [0.2, 0.25) is 0 Å². The Morgan fingerprint density at radius 3 is 2.26 bits per heavy atom. The molecule has 2 N–H and O–H groups in total. The topological polar surface area (TPSA) is 79.7 Å². The largest absolute Gasteiger partial charge is 0.495 e. The fourth-order valence-corrected chi connectivity index (χ4v) is 2.34. The molecule has 7 heteroatoms. The molecule has 2 aromatic rings. The zero-order valence-electron chi connectivity index (χ0n) is 10.7. The van der Waals surface area contributed by atoms with E-state index < -0.39 is 0 Å². The molecule has 0 saturated heterocycles. The van der Waals surface area contributed by atoms with Crippen LogP contribution in [0.1, 0.15) is 0 Å². The first-order chi connectivity index (χ1) is 9.12. The Morgan fingerprint density at radius 2 is 1.79 bits per heavy atom. The number of halogens is 1. The fraction of sp³-hybridized carbons (Fsp3) is 0.250. The van der Waals surface area contributed by atoms with Crippen molar-refractivity contribution in [2.24, 2.45) is 0 Å². The van der Waals surface area contributed by atoms with Crippen LogP contribution >= 0.6 is 15.9 Å². The second-order valence-electron chi connectivity index (χ2n) is 3.62. The predicted octanol–water partition coefficient (Wildman–Crippen LogP) is 2.71. The molecule has 6 nitrogen and oxygen atoms in total. The number of benzene rings is 1. The molecule has 102 valence electrons. The van der Waals surface area contributed by atoms with E-state index in [0.717, 1.165) is 0 Å². The van der Waals surface area contributed by atoms with Gasteiger partial charge in [0.1, 0.15) is 11.3 Å². The van der Waals surface area contributed by atoms with Crippen LogP contribution in [0.5, 0.6) is 17.2 Å². The molecule has 0 unspecified atom stereocenters. The molecule has 0 atom stereocenters. The zero-order valence-corrected chi connectivity index (χ0v) is 12.3. The molecule has 1 heterocycles. The van der Waals surface area contributed by atoms with Gasteiger partial charge in [-0.05, 0) is 15.9 Å². The minimum Gasteiger partial charge on any atom is -0.495 e.